The lowest BCUT2D eigenvalue weighted by Crippen LogP contribution is -2.39. The van der Waals surface area contributed by atoms with Crippen LogP contribution in [-0.4, -0.2) is 42.9 Å². The van der Waals surface area contributed by atoms with Gasteiger partial charge in [0.1, 0.15) is 0 Å². The van der Waals surface area contributed by atoms with Crippen LogP contribution in [0.1, 0.15) is 11.3 Å². The Kier molecular flexibility index (Phi) is 6.98. The molecule has 2 heterocycles. The quantitative estimate of drug-likeness (QED) is 0.427. The molecule has 3 rings (SSSR count). The van der Waals surface area contributed by atoms with E-state index in [1.165, 1.54) is 11.3 Å². The fourth-order valence-corrected chi connectivity index (χ4v) is 2.78. The summed E-state index contributed by atoms with van der Waals surface area (Å²) >= 11 is 0. The van der Waals surface area contributed by atoms with E-state index in [0.29, 0.717) is 6.79 Å². The van der Waals surface area contributed by atoms with Crippen LogP contribution in [0.4, 0.5) is 0 Å². The van der Waals surface area contributed by atoms with Gasteiger partial charge in [0, 0.05) is 39.6 Å². The highest BCUT2D eigenvalue weighted by Crippen LogP contribution is 2.32. The Morgan fingerprint density at radius 3 is 2.80 bits per heavy atom. The van der Waals surface area contributed by atoms with Gasteiger partial charge in [-0.3, -0.25) is 4.99 Å². The molecule has 1 aromatic carbocycles. The van der Waals surface area contributed by atoms with Gasteiger partial charge in [-0.2, -0.15) is 0 Å². The van der Waals surface area contributed by atoms with Gasteiger partial charge in [0.15, 0.2) is 17.5 Å². The van der Waals surface area contributed by atoms with E-state index in [1.54, 1.807) is 0 Å². The van der Waals surface area contributed by atoms with Crippen molar-refractivity contribution in [3.8, 4) is 11.5 Å². The van der Waals surface area contributed by atoms with Crippen molar-refractivity contribution in [1.29, 1.82) is 0 Å². The summed E-state index contributed by atoms with van der Waals surface area (Å²) in [5.74, 6) is 2.54. The number of halogens is 1. The van der Waals surface area contributed by atoms with Crippen molar-refractivity contribution in [1.82, 2.24) is 14.8 Å². The fourth-order valence-electron chi connectivity index (χ4n) is 2.78. The van der Waals surface area contributed by atoms with E-state index in [-0.39, 0.29) is 24.0 Å². The summed E-state index contributed by atoms with van der Waals surface area (Å²) in [7, 11) is 5.91. The highest BCUT2D eigenvalue weighted by Gasteiger charge is 2.13. The number of nitrogens with one attached hydrogen (secondary N) is 1. The van der Waals surface area contributed by atoms with Gasteiger partial charge in [-0.25, -0.2) is 0 Å². The minimum Gasteiger partial charge on any atom is -0.454 e. The van der Waals surface area contributed by atoms with Crippen LogP contribution in [0.2, 0.25) is 0 Å². The molecule has 6 nitrogen and oxygen atoms in total. The zero-order valence-electron chi connectivity index (χ0n) is 14.9. The molecule has 0 atom stereocenters. The predicted octanol–water partition coefficient (Wildman–Crippen LogP) is 2.62. The van der Waals surface area contributed by atoms with Gasteiger partial charge in [0.25, 0.3) is 0 Å². The van der Waals surface area contributed by atoms with Gasteiger partial charge < -0.3 is 24.3 Å². The van der Waals surface area contributed by atoms with Crippen LogP contribution >= 0.6 is 24.0 Å². The molecule has 1 aromatic heterocycles. The van der Waals surface area contributed by atoms with Gasteiger partial charge in [0.2, 0.25) is 6.79 Å². The van der Waals surface area contributed by atoms with Gasteiger partial charge in [-0.05, 0) is 36.2 Å². The Balaban J connectivity index is 0.00000225. The maximum atomic E-state index is 5.42. The van der Waals surface area contributed by atoms with E-state index in [1.807, 2.05) is 26.2 Å². The van der Waals surface area contributed by atoms with E-state index in [4.69, 9.17) is 9.47 Å². The minimum absolute atomic E-state index is 0. The molecule has 0 spiro atoms. The molecule has 0 saturated heterocycles. The molecule has 7 heteroatoms. The number of aliphatic imine (C=N–C) groups is 1. The maximum absolute atomic E-state index is 5.42. The lowest BCUT2D eigenvalue weighted by molar-refractivity contribution is 0.174. The predicted molar refractivity (Wildman–Crippen MR) is 110 cm³/mol. The van der Waals surface area contributed by atoms with Crippen LogP contribution in [0, 0.1) is 0 Å². The largest absolute Gasteiger partial charge is 0.454 e. The number of nitrogens with zero attached hydrogens (tertiary/aromatic N) is 3. The first-order chi connectivity index (χ1) is 11.7. The molecule has 0 amide bonds. The second-order valence-electron chi connectivity index (χ2n) is 5.88. The van der Waals surface area contributed by atoms with Crippen molar-refractivity contribution in [3.05, 3.63) is 47.8 Å². The number of benzene rings is 1. The number of aryl methyl sites for hydroxylation is 1. The molecule has 25 heavy (non-hydrogen) atoms. The Hall–Kier alpha value is -1.90. The van der Waals surface area contributed by atoms with Crippen LogP contribution in [0.5, 0.6) is 11.5 Å². The highest BCUT2D eigenvalue weighted by atomic mass is 127. The Morgan fingerprint density at radius 1 is 1.28 bits per heavy atom. The van der Waals surface area contributed by atoms with Crippen LogP contribution in [0.25, 0.3) is 0 Å². The van der Waals surface area contributed by atoms with Crippen molar-refractivity contribution < 1.29 is 9.47 Å². The molecule has 0 bridgehead atoms. The van der Waals surface area contributed by atoms with Crippen molar-refractivity contribution in [2.24, 2.45) is 12.0 Å². The van der Waals surface area contributed by atoms with Gasteiger partial charge >= 0.3 is 0 Å². The molecule has 0 fully saturated rings. The number of ether oxygens (including phenoxy) is 2. The smallest absolute Gasteiger partial charge is 0.231 e. The van der Waals surface area contributed by atoms with Gasteiger partial charge in [0.05, 0.1) is 6.54 Å². The Bertz CT molecular complexity index is 730. The number of hydrogen-bond acceptors (Lipinski definition) is 3. The first-order valence-corrected chi connectivity index (χ1v) is 8.08. The standard InChI is InChI=1S/C18H24N4O2.HI/c1-19-18(22(3)12-15-5-4-10-21(15)2)20-9-8-14-6-7-16-17(11-14)24-13-23-16;/h4-7,10-11H,8-9,12-13H2,1-3H3,(H,19,20);1H. The summed E-state index contributed by atoms with van der Waals surface area (Å²) in [5.41, 5.74) is 2.46. The van der Waals surface area contributed by atoms with Gasteiger partial charge in [-0.15, -0.1) is 24.0 Å². The molecule has 2 aromatic rings. The molecular formula is C18H25IN4O2. The first kappa shape index (κ1) is 19.4. The molecule has 0 aliphatic carbocycles. The van der Waals surface area contributed by atoms with Crippen LogP contribution in [-0.2, 0) is 20.0 Å². The summed E-state index contributed by atoms with van der Waals surface area (Å²) in [6.45, 7) is 1.94. The van der Waals surface area contributed by atoms with Crippen molar-refractivity contribution >= 4 is 29.9 Å². The van der Waals surface area contributed by atoms with E-state index in [9.17, 15) is 0 Å². The molecule has 0 unspecified atom stereocenters. The lowest BCUT2D eigenvalue weighted by Gasteiger charge is -2.22. The van der Waals surface area contributed by atoms with Crippen molar-refractivity contribution in [3.63, 3.8) is 0 Å². The number of fused-ring (bicyclic) bond motifs is 1. The molecule has 1 N–H and O–H groups in total. The number of aromatic nitrogens is 1. The minimum atomic E-state index is 0. The van der Waals surface area contributed by atoms with E-state index in [2.05, 4.69) is 51.2 Å². The summed E-state index contributed by atoms with van der Waals surface area (Å²) in [6.07, 6.45) is 2.95. The molecule has 1 aliphatic rings. The normalized spacial score (nSPS) is 12.7. The monoisotopic (exact) mass is 456 g/mol. The van der Waals surface area contributed by atoms with Crippen LogP contribution < -0.4 is 14.8 Å². The average molecular weight is 456 g/mol. The molecule has 136 valence electrons. The molecule has 0 radical (unpaired) electrons. The summed E-state index contributed by atoms with van der Waals surface area (Å²) in [4.78, 5) is 6.48. The first-order valence-electron chi connectivity index (χ1n) is 8.08. The third-order valence-electron chi connectivity index (χ3n) is 4.16. The summed E-state index contributed by atoms with van der Waals surface area (Å²) in [5, 5.41) is 3.41. The van der Waals surface area contributed by atoms with Crippen LogP contribution in [0.15, 0.2) is 41.5 Å². The number of hydrogen-bond donors (Lipinski definition) is 1. The maximum Gasteiger partial charge on any atom is 0.231 e. The second-order valence-corrected chi connectivity index (χ2v) is 5.88. The lowest BCUT2D eigenvalue weighted by atomic mass is 10.1. The third kappa shape index (κ3) is 4.81. The Labute approximate surface area is 165 Å². The molecule has 0 saturated carbocycles. The number of rotatable bonds is 5. The second kappa shape index (κ2) is 8.98. The van der Waals surface area contributed by atoms with Crippen molar-refractivity contribution in [2.75, 3.05) is 27.4 Å². The van der Waals surface area contributed by atoms with E-state index < -0.39 is 0 Å². The average Bonchev–Trinajstić information content (AvgIpc) is 3.20. The van der Waals surface area contributed by atoms with Crippen LogP contribution in [0.3, 0.4) is 0 Å². The van der Waals surface area contributed by atoms with Crippen molar-refractivity contribution in [2.45, 2.75) is 13.0 Å². The third-order valence-corrected chi connectivity index (χ3v) is 4.16. The summed E-state index contributed by atoms with van der Waals surface area (Å²) < 4.78 is 12.9. The summed E-state index contributed by atoms with van der Waals surface area (Å²) in [6, 6.07) is 10.3. The van der Waals surface area contributed by atoms with Gasteiger partial charge in [-0.1, -0.05) is 6.07 Å². The fraction of sp³-hybridized carbons (Fsp3) is 0.389. The zero-order valence-corrected chi connectivity index (χ0v) is 17.2. The SMILES string of the molecule is CN=C(NCCc1ccc2c(c1)OCO2)N(C)Cc1cccn1C.I. The van der Waals surface area contributed by atoms with E-state index in [0.717, 1.165) is 37.0 Å². The topological polar surface area (TPSA) is 51.0 Å². The zero-order chi connectivity index (χ0) is 16.9. The van der Waals surface area contributed by atoms with E-state index >= 15 is 0 Å². The number of guanidine groups is 1. The molecular weight excluding hydrogens is 431 g/mol. The highest BCUT2D eigenvalue weighted by molar-refractivity contribution is 14.0. The Morgan fingerprint density at radius 2 is 2.08 bits per heavy atom. The molecule has 1 aliphatic heterocycles.